The monoisotopic (exact) mass is 514 g/mol. The van der Waals surface area contributed by atoms with Gasteiger partial charge in [-0.2, -0.15) is 18.4 Å². The molecule has 3 rings (SSSR count). The quantitative estimate of drug-likeness (QED) is 0.178. The number of nitrogens with one attached hydrogen (secondary N) is 1. The summed E-state index contributed by atoms with van der Waals surface area (Å²) in [5.74, 6) is 1.11. The van der Waals surface area contributed by atoms with Crippen molar-refractivity contribution in [1.82, 2.24) is 4.83 Å². The summed E-state index contributed by atoms with van der Waals surface area (Å²) in [6.07, 6.45) is 1.30. The van der Waals surface area contributed by atoms with Crippen LogP contribution in [-0.4, -0.2) is 48.5 Å². The topological polar surface area (TPSA) is 122 Å². The van der Waals surface area contributed by atoms with E-state index in [1.54, 1.807) is 43.3 Å². The molecule has 190 valence electrons. The number of hydrogen-bond acceptors (Lipinski definition) is 9. The van der Waals surface area contributed by atoms with Crippen LogP contribution in [-0.2, 0) is 10.0 Å². The number of carbonyl (C=O) groups excluding carboxylic acids is 1. The van der Waals surface area contributed by atoms with Gasteiger partial charge >= 0.3 is 5.97 Å². The second-order valence-corrected chi connectivity index (χ2v) is 8.76. The van der Waals surface area contributed by atoms with E-state index in [0.717, 1.165) is 0 Å². The molecule has 0 atom stereocenters. The number of esters is 1. The van der Waals surface area contributed by atoms with Crippen molar-refractivity contribution in [2.75, 3.05) is 27.9 Å². The maximum Gasteiger partial charge on any atom is 0.343 e. The third kappa shape index (κ3) is 6.45. The lowest BCUT2D eigenvalue weighted by atomic mass is 10.2. The lowest BCUT2D eigenvalue weighted by Crippen LogP contribution is -2.19. The van der Waals surface area contributed by atoms with E-state index >= 15 is 0 Å². The Labute approximate surface area is 209 Å². The molecule has 0 aliphatic heterocycles. The highest BCUT2D eigenvalue weighted by molar-refractivity contribution is 7.89. The zero-order chi connectivity index (χ0) is 26.1. The van der Waals surface area contributed by atoms with Crippen LogP contribution in [0.1, 0.15) is 22.8 Å². The fourth-order valence-corrected chi connectivity index (χ4v) is 4.00. The minimum absolute atomic E-state index is 0.0984. The Hall–Kier alpha value is -4.25. The Bertz CT molecular complexity index is 1340. The third-order valence-corrected chi connectivity index (χ3v) is 6.10. The molecule has 0 fully saturated rings. The summed E-state index contributed by atoms with van der Waals surface area (Å²) in [4.78, 5) is 14.6. The van der Waals surface area contributed by atoms with Gasteiger partial charge in [-0.15, -0.1) is 0 Å². The maximum absolute atomic E-state index is 12.7. The van der Waals surface area contributed by atoms with Gasteiger partial charge in [0.05, 0.1) is 39.7 Å². The molecular formula is C25H26N2O8S. The van der Waals surface area contributed by atoms with E-state index in [1.807, 2.05) is 0 Å². The van der Waals surface area contributed by atoms with Gasteiger partial charge in [0.1, 0.15) is 22.1 Å². The molecule has 3 aromatic carbocycles. The SMILES string of the molecule is CCOc1cc(C=NNS(=O)(=O)c2ccc(OC)cc2OC)ccc1OC(=O)c1ccc(OC)cc1. The molecule has 0 spiro atoms. The molecule has 0 bridgehead atoms. The first kappa shape index (κ1) is 26.4. The fourth-order valence-electron chi connectivity index (χ4n) is 3.06. The van der Waals surface area contributed by atoms with Crippen LogP contribution in [0.15, 0.2) is 70.7 Å². The number of hydrogen-bond donors (Lipinski definition) is 1. The van der Waals surface area contributed by atoms with Crippen molar-refractivity contribution >= 4 is 22.2 Å². The minimum Gasteiger partial charge on any atom is -0.497 e. The van der Waals surface area contributed by atoms with E-state index in [2.05, 4.69) is 9.93 Å². The number of nitrogens with zero attached hydrogens (tertiary/aromatic N) is 1. The van der Waals surface area contributed by atoms with Crippen LogP contribution in [0.25, 0.3) is 0 Å². The predicted octanol–water partition coefficient (Wildman–Crippen LogP) is 3.64. The summed E-state index contributed by atoms with van der Waals surface area (Å²) in [7, 11) is 0.341. The molecule has 0 amide bonds. The average molecular weight is 515 g/mol. The highest BCUT2D eigenvalue weighted by atomic mass is 32.2. The van der Waals surface area contributed by atoms with Crippen molar-refractivity contribution in [3.63, 3.8) is 0 Å². The van der Waals surface area contributed by atoms with Gasteiger partial charge in [-0.1, -0.05) is 0 Å². The molecule has 0 saturated carbocycles. The van der Waals surface area contributed by atoms with Crippen molar-refractivity contribution in [3.8, 4) is 28.7 Å². The molecule has 0 aromatic heterocycles. The molecule has 0 unspecified atom stereocenters. The van der Waals surface area contributed by atoms with Crippen molar-refractivity contribution in [2.45, 2.75) is 11.8 Å². The molecule has 10 nitrogen and oxygen atoms in total. The lowest BCUT2D eigenvalue weighted by molar-refractivity contribution is 0.0728. The molecule has 36 heavy (non-hydrogen) atoms. The first-order valence-corrected chi connectivity index (χ1v) is 12.2. The smallest absolute Gasteiger partial charge is 0.343 e. The van der Waals surface area contributed by atoms with Gasteiger partial charge < -0.3 is 23.7 Å². The molecule has 1 N–H and O–H groups in total. The number of benzene rings is 3. The molecule has 0 saturated heterocycles. The lowest BCUT2D eigenvalue weighted by Gasteiger charge is -2.12. The van der Waals surface area contributed by atoms with E-state index < -0.39 is 16.0 Å². The van der Waals surface area contributed by atoms with Gasteiger partial charge in [-0.3, -0.25) is 0 Å². The largest absolute Gasteiger partial charge is 0.497 e. The first-order chi connectivity index (χ1) is 17.3. The molecule has 3 aromatic rings. The summed E-state index contributed by atoms with van der Waals surface area (Å²) in [6, 6.07) is 15.5. The Kier molecular flexibility index (Phi) is 8.74. The van der Waals surface area contributed by atoms with Gasteiger partial charge in [0.15, 0.2) is 11.5 Å². The Morgan fingerprint density at radius 3 is 2.19 bits per heavy atom. The Morgan fingerprint density at radius 1 is 0.861 bits per heavy atom. The summed E-state index contributed by atoms with van der Waals surface area (Å²) in [6.45, 7) is 2.10. The zero-order valence-corrected chi connectivity index (χ0v) is 21.0. The molecule has 0 radical (unpaired) electrons. The summed E-state index contributed by atoms with van der Waals surface area (Å²) in [5, 5.41) is 3.84. The Balaban J connectivity index is 1.76. The van der Waals surface area contributed by atoms with E-state index in [0.29, 0.717) is 35.0 Å². The number of sulfonamides is 1. The van der Waals surface area contributed by atoms with Gasteiger partial charge in [0, 0.05) is 6.07 Å². The molecule has 0 aliphatic carbocycles. The second kappa shape index (κ2) is 11.9. The van der Waals surface area contributed by atoms with Crippen molar-refractivity contribution in [3.05, 3.63) is 71.8 Å². The van der Waals surface area contributed by atoms with Crippen LogP contribution in [0.5, 0.6) is 28.7 Å². The standard InChI is InChI=1S/C25H26N2O8S/c1-5-34-22-14-17(6-12-21(22)35-25(28)18-7-9-19(31-2)10-8-18)16-26-27-36(29,30)24-13-11-20(32-3)15-23(24)33-4/h6-16,27H,5H2,1-4H3. The van der Waals surface area contributed by atoms with Crippen LogP contribution in [0.3, 0.4) is 0 Å². The summed E-state index contributed by atoms with van der Waals surface area (Å²) in [5.41, 5.74) is 0.847. The number of carbonyl (C=O) groups is 1. The van der Waals surface area contributed by atoms with E-state index in [9.17, 15) is 13.2 Å². The number of ether oxygens (including phenoxy) is 5. The molecule has 0 aliphatic rings. The van der Waals surface area contributed by atoms with E-state index in [-0.39, 0.29) is 16.4 Å². The molecule has 0 heterocycles. The van der Waals surface area contributed by atoms with Crippen molar-refractivity contribution < 1.29 is 36.9 Å². The Morgan fingerprint density at radius 2 is 1.56 bits per heavy atom. The van der Waals surface area contributed by atoms with Crippen LogP contribution in [0, 0.1) is 0 Å². The summed E-state index contributed by atoms with van der Waals surface area (Å²) >= 11 is 0. The average Bonchev–Trinajstić information content (AvgIpc) is 2.89. The zero-order valence-electron chi connectivity index (χ0n) is 20.2. The highest BCUT2D eigenvalue weighted by Gasteiger charge is 2.19. The molecular weight excluding hydrogens is 488 g/mol. The predicted molar refractivity (Wildman–Crippen MR) is 133 cm³/mol. The van der Waals surface area contributed by atoms with Crippen LogP contribution >= 0.6 is 0 Å². The highest BCUT2D eigenvalue weighted by Crippen LogP contribution is 2.30. The van der Waals surface area contributed by atoms with Gasteiger partial charge in [-0.05, 0) is 67.1 Å². The third-order valence-electron chi connectivity index (χ3n) is 4.84. The second-order valence-electron chi connectivity index (χ2n) is 7.13. The fraction of sp³-hybridized carbons (Fsp3) is 0.200. The van der Waals surface area contributed by atoms with E-state index in [1.165, 1.54) is 51.8 Å². The number of rotatable bonds is 11. The van der Waals surface area contributed by atoms with Crippen LogP contribution < -0.4 is 28.5 Å². The van der Waals surface area contributed by atoms with Gasteiger partial charge in [0.2, 0.25) is 0 Å². The van der Waals surface area contributed by atoms with Crippen molar-refractivity contribution in [1.29, 1.82) is 0 Å². The minimum atomic E-state index is -4.02. The number of methoxy groups -OCH3 is 3. The van der Waals surface area contributed by atoms with E-state index in [4.69, 9.17) is 23.7 Å². The molecule has 11 heteroatoms. The first-order valence-electron chi connectivity index (χ1n) is 10.7. The van der Waals surface area contributed by atoms with Gasteiger partial charge in [0.25, 0.3) is 10.0 Å². The van der Waals surface area contributed by atoms with Gasteiger partial charge in [-0.25, -0.2) is 4.79 Å². The normalized spacial score (nSPS) is 11.1. The van der Waals surface area contributed by atoms with Crippen LogP contribution in [0.4, 0.5) is 0 Å². The number of hydrazone groups is 1. The maximum atomic E-state index is 12.7. The van der Waals surface area contributed by atoms with Crippen LogP contribution in [0.2, 0.25) is 0 Å². The van der Waals surface area contributed by atoms with Crippen molar-refractivity contribution in [2.24, 2.45) is 5.10 Å². The summed E-state index contributed by atoms with van der Waals surface area (Å²) < 4.78 is 51.8.